The van der Waals surface area contributed by atoms with Gasteiger partial charge in [0.25, 0.3) is 11.8 Å². The van der Waals surface area contributed by atoms with Crippen molar-refractivity contribution in [3.05, 3.63) is 194 Å². The fourth-order valence-corrected chi connectivity index (χ4v) is 9.19. The lowest BCUT2D eigenvalue weighted by atomic mass is 9.87. The summed E-state index contributed by atoms with van der Waals surface area (Å²) >= 11 is 19.2. The minimum atomic E-state index is -0.983. The van der Waals surface area contributed by atoms with Crippen molar-refractivity contribution < 1.29 is 42.9 Å². The zero-order chi connectivity index (χ0) is 47.1. The van der Waals surface area contributed by atoms with Crippen LogP contribution in [0.5, 0.6) is 23.0 Å². The van der Waals surface area contributed by atoms with Crippen molar-refractivity contribution in [3.63, 3.8) is 0 Å². The van der Waals surface area contributed by atoms with Gasteiger partial charge in [0.05, 0.1) is 12.1 Å². The summed E-state index contributed by atoms with van der Waals surface area (Å²) in [7, 11) is 0. The van der Waals surface area contributed by atoms with Crippen molar-refractivity contribution in [2.45, 2.75) is 24.9 Å². The molecule has 0 aliphatic carbocycles. The van der Waals surface area contributed by atoms with Gasteiger partial charge in [-0.2, -0.15) is 0 Å². The topological polar surface area (TPSA) is 134 Å². The number of amides is 2. The predicted octanol–water partition coefficient (Wildman–Crippen LogP) is 9.83. The van der Waals surface area contributed by atoms with E-state index in [1.165, 1.54) is 0 Å². The van der Waals surface area contributed by atoms with E-state index in [0.717, 1.165) is 27.6 Å². The van der Waals surface area contributed by atoms with Crippen molar-refractivity contribution in [1.29, 1.82) is 0 Å². The van der Waals surface area contributed by atoms with Crippen LogP contribution in [-0.4, -0.2) is 78.1 Å². The van der Waals surface area contributed by atoms with Crippen molar-refractivity contribution in [1.82, 2.24) is 14.8 Å². The van der Waals surface area contributed by atoms with E-state index in [0.29, 0.717) is 69.1 Å². The lowest BCUT2D eigenvalue weighted by Gasteiger charge is -2.38. The molecule has 2 atom stereocenters. The normalized spacial score (nSPS) is 15.2. The molecule has 2 unspecified atom stereocenters. The van der Waals surface area contributed by atoms with Crippen LogP contribution >= 0.6 is 34.8 Å². The molecule has 0 bridgehead atoms. The van der Waals surface area contributed by atoms with Crippen LogP contribution in [0.25, 0.3) is 10.9 Å². The van der Waals surface area contributed by atoms with Crippen molar-refractivity contribution in [2.24, 2.45) is 0 Å². The molecular weight excluding hydrogens is 929 g/mol. The fourth-order valence-electron chi connectivity index (χ4n) is 8.70. The SMILES string of the molecule is O=C(COc1ccc(Cl)cc1C1c2ccccc2CCN1C(=O)COc1ccc(Cl)cc1)OC(=O)COc1ccc(Cl)cc1C1c2ccccc2CCN1C(=O)COc1cccc2cccnc12. The van der Waals surface area contributed by atoms with Gasteiger partial charge in [-0.3, -0.25) is 14.6 Å². The Labute approximate surface area is 406 Å². The summed E-state index contributed by atoms with van der Waals surface area (Å²) in [6.07, 6.45) is 2.88. The van der Waals surface area contributed by atoms with Crippen LogP contribution in [0.3, 0.4) is 0 Å². The summed E-state index contributed by atoms with van der Waals surface area (Å²) in [6, 6.07) is 40.1. The van der Waals surface area contributed by atoms with E-state index in [1.807, 2.05) is 72.8 Å². The number of benzene rings is 6. The second-order valence-electron chi connectivity index (χ2n) is 16.0. The number of carbonyl (C=O) groups is 4. The van der Waals surface area contributed by atoms with E-state index in [9.17, 15) is 19.2 Å². The molecule has 0 fully saturated rings. The molecule has 0 saturated carbocycles. The number of esters is 2. The molecule has 1 aromatic heterocycles. The third-order valence-electron chi connectivity index (χ3n) is 11.8. The Balaban J connectivity index is 0.881. The third kappa shape index (κ3) is 10.4. The average Bonchev–Trinajstić information content (AvgIpc) is 3.36. The van der Waals surface area contributed by atoms with E-state index in [4.69, 9.17) is 58.5 Å². The number of pyridine rings is 1. The maximum atomic E-state index is 14.1. The minimum absolute atomic E-state index is 0.241. The van der Waals surface area contributed by atoms with Crippen LogP contribution in [0.2, 0.25) is 15.1 Å². The number of carbonyl (C=O) groups excluding carboxylic acids is 4. The number of rotatable bonds is 14. The quantitative estimate of drug-likeness (QED) is 0.0766. The van der Waals surface area contributed by atoms with Crippen LogP contribution in [-0.2, 0) is 36.8 Å². The molecule has 2 amide bonds. The average molecular weight is 971 g/mol. The predicted molar refractivity (Wildman–Crippen MR) is 257 cm³/mol. The second-order valence-corrected chi connectivity index (χ2v) is 17.3. The van der Waals surface area contributed by atoms with Crippen LogP contribution in [0.15, 0.2) is 146 Å². The molecule has 2 aliphatic rings. The smallest absolute Gasteiger partial charge is 0.351 e. The van der Waals surface area contributed by atoms with Gasteiger partial charge in [-0.25, -0.2) is 9.59 Å². The molecule has 7 aromatic rings. The molecule has 0 radical (unpaired) electrons. The third-order valence-corrected chi connectivity index (χ3v) is 12.5. The zero-order valence-corrected chi connectivity index (χ0v) is 38.6. The molecule has 0 spiro atoms. The molecule has 9 rings (SSSR count). The second kappa shape index (κ2) is 20.8. The van der Waals surface area contributed by atoms with Crippen LogP contribution < -0.4 is 18.9 Å². The van der Waals surface area contributed by atoms with E-state index >= 15 is 0 Å². The summed E-state index contributed by atoms with van der Waals surface area (Å²) in [6.45, 7) is -1.06. The van der Waals surface area contributed by atoms with Gasteiger partial charge >= 0.3 is 11.9 Å². The monoisotopic (exact) mass is 969 g/mol. The summed E-state index contributed by atoms with van der Waals surface area (Å²) in [5.41, 5.74) is 5.48. The molecule has 6 aromatic carbocycles. The first kappa shape index (κ1) is 46.0. The Kier molecular flexibility index (Phi) is 14.1. The summed E-state index contributed by atoms with van der Waals surface area (Å²) in [5, 5.41) is 2.19. The van der Waals surface area contributed by atoms with E-state index in [2.05, 4.69) is 4.98 Å². The highest BCUT2D eigenvalue weighted by atomic mass is 35.5. The maximum absolute atomic E-state index is 14.1. The molecule has 68 heavy (non-hydrogen) atoms. The van der Waals surface area contributed by atoms with Gasteiger partial charge in [0.15, 0.2) is 26.4 Å². The standard InChI is InChI=1S/C53H42Cl3N3O9/c54-36-14-18-39(19-15-36)64-29-47(60)58-25-22-33-7-1-3-11-40(33)52(58)42-27-37(55)16-20-44(42)66-31-49(62)68-50(63)32-67-45-21-17-38(56)28-43(45)53-41-12-4-2-8-34(41)23-26-59(53)48(61)30-65-46-13-5-9-35-10-6-24-57-51(35)46/h1-21,24,27-28,52-53H,22-23,25-26,29-32H2. The summed E-state index contributed by atoms with van der Waals surface area (Å²) in [4.78, 5) is 62.3. The van der Waals surface area contributed by atoms with E-state index in [1.54, 1.807) is 82.7 Å². The van der Waals surface area contributed by atoms with Crippen LogP contribution in [0, 0.1) is 0 Å². The Hall–Kier alpha value is -7.12. The highest BCUT2D eigenvalue weighted by Crippen LogP contribution is 2.42. The number of fused-ring (bicyclic) bond motifs is 3. The first-order valence-electron chi connectivity index (χ1n) is 21.8. The molecule has 0 N–H and O–H groups in total. The van der Waals surface area contributed by atoms with Gasteiger partial charge in [0.1, 0.15) is 28.5 Å². The first-order valence-corrected chi connectivity index (χ1v) is 22.9. The van der Waals surface area contributed by atoms with Gasteiger partial charge in [-0.1, -0.05) is 102 Å². The van der Waals surface area contributed by atoms with Crippen molar-refractivity contribution in [3.8, 4) is 23.0 Å². The fraction of sp³-hybridized carbons (Fsp3) is 0.189. The largest absolute Gasteiger partial charge is 0.484 e. The van der Waals surface area contributed by atoms with Crippen molar-refractivity contribution in [2.75, 3.05) is 39.5 Å². The lowest BCUT2D eigenvalue weighted by Crippen LogP contribution is -2.43. The number of nitrogens with zero attached hydrogens (tertiary/aromatic N) is 3. The van der Waals surface area contributed by atoms with Gasteiger partial charge < -0.3 is 33.5 Å². The number of hydrogen-bond donors (Lipinski definition) is 0. The molecule has 3 heterocycles. The number of para-hydroxylation sites is 1. The van der Waals surface area contributed by atoms with Crippen molar-refractivity contribution >= 4 is 69.5 Å². The van der Waals surface area contributed by atoms with Gasteiger partial charge in [0.2, 0.25) is 0 Å². The molecular formula is C53H42Cl3N3O9. The first-order chi connectivity index (χ1) is 33.1. The van der Waals surface area contributed by atoms with Crippen LogP contribution in [0.1, 0.15) is 45.5 Å². The van der Waals surface area contributed by atoms with Gasteiger partial charge in [-0.15, -0.1) is 0 Å². The molecule has 2 aliphatic heterocycles. The van der Waals surface area contributed by atoms with E-state index in [-0.39, 0.29) is 36.5 Å². The highest BCUT2D eigenvalue weighted by Gasteiger charge is 2.36. The number of hydrogen-bond acceptors (Lipinski definition) is 10. The number of halogens is 3. The highest BCUT2D eigenvalue weighted by molar-refractivity contribution is 6.31. The molecule has 12 nitrogen and oxygen atoms in total. The maximum Gasteiger partial charge on any atom is 0.351 e. The number of aromatic nitrogens is 1. The lowest BCUT2D eigenvalue weighted by molar-refractivity contribution is -0.162. The van der Waals surface area contributed by atoms with E-state index < -0.39 is 37.2 Å². The Bertz CT molecular complexity index is 3020. The molecule has 344 valence electrons. The number of ether oxygens (including phenoxy) is 5. The molecule has 0 saturated heterocycles. The molecule has 15 heteroatoms. The Morgan fingerprint density at radius 2 is 1.00 bits per heavy atom. The van der Waals surface area contributed by atoms with Gasteiger partial charge in [0, 0.05) is 50.9 Å². The Morgan fingerprint density at radius 1 is 0.500 bits per heavy atom. The summed E-state index contributed by atoms with van der Waals surface area (Å²) in [5.74, 6) is -1.05. The van der Waals surface area contributed by atoms with Gasteiger partial charge in [-0.05, 0) is 108 Å². The summed E-state index contributed by atoms with van der Waals surface area (Å²) < 4.78 is 29.2. The van der Waals surface area contributed by atoms with Crippen LogP contribution in [0.4, 0.5) is 0 Å². The zero-order valence-electron chi connectivity index (χ0n) is 36.3. The Morgan fingerprint density at radius 3 is 1.57 bits per heavy atom. The minimum Gasteiger partial charge on any atom is -0.484 e.